The van der Waals surface area contributed by atoms with Crippen molar-refractivity contribution in [3.05, 3.63) is 52.5 Å². The summed E-state index contributed by atoms with van der Waals surface area (Å²) < 4.78 is 10.7. The molecule has 1 fully saturated rings. The van der Waals surface area contributed by atoms with Crippen molar-refractivity contribution < 1.29 is 14.3 Å². The van der Waals surface area contributed by atoms with E-state index < -0.39 is 0 Å². The minimum Gasteiger partial charge on any atom is -0.496 e. The summed E-state index contributed by atoms with van der Waals surface area (Å²) in [5, 5.41) is 0.739. The van der Waals surface area contributed by atoms with Gasteiger partial charge in [0.25, 0.3) is 5.91 Å². The molecular weight excluding hydrogens is 352 g/mol. The molecule has 1 aliphatic heterocycles. The number of anilines is 1. The van der Waals surface area contributed by atoms with Crippen LogP contribution in [0.25, 0.3) is 0 Å². The Bertz CT molecular complexity index is 779. The van der Waals surface area contributed by atoms with Crippen molar-refractivity contribution in [3.63, 3.8) is 0 Å². The van der Waals surface area contributed by atoms with Gasteiger partial charge in [0.1, 0.15) is 17.1 Å². The first kappa shape index (κ1) is 18.4. The molecule has 5 nitrogen and oxygen atoms in total. The minimum atomic E-state index is -0.0632. The molecule has 0 aliphatic carbocycles. The maximum absolute atomic E-state index is 13.0. The quantitative estimate of drug-likeness (QED) is 0.819. The van der Waals surface area contributed by atoms with Crippen LogP contribution in [0, 0.1) is 6.92 Å². The highest BCUT2D eigenvalue weighted by molar-refractivity contribution is 6.30. The second-order valence-corrected chi connectivity index (χ2v) is 6.68. The van der Waals surface area contributed by atoms with Crippen LogP contribution in [-0.2, 0) is 0 Å². The van der Waals surface area contributed by atoms with Crippen molar-refractivity contribution in [3.8, 4) is 11.5 Å². The van der Waals surface area contributed by atoms with E-state index in [-0.39, 0.29) is 5.91 Å². The summed E-state index contributed by atoms with van der Waals surface area (Å²) in [6, 6.07) is 11.3. The van der Waals surface area contributed by atoms with Crippen LogP contribution in [0.2, 0.25) is 5.02 Å². The molecule has 6 heteroatoms. The Balaban J connectivity index is 1.75. The average molecular weight is 375 g/mol. The molecule has 0 spiro atoms. The van der Waals surface area contributed by atoms with E-state index in [0.717, 1.165) is 29.4 Å². The lowest BCUT2D eigenvalue weighted by molar-refractivity contribution is 0.0740. The van der Waals surface area contributed by atoms with Crippen molar-refractivity contribution in [1.29, 1.82) is 0 Å². The van der Waals surface area contributed by atoms with Gasteiger partial charge in [0, 0.05) is 36.9 Å². The zero-order chi connectivity index (χ0) is 18.7. The highest BCUT2D eigenvalue weighted by Crippen LogP contribution is 2.30. The Hall–Kier alpha value is -2.40. The number of piperazine rings is 1. The fourth-order valence-corrected chi connectivity index (χ4v) is 3.57. The number of ether oxygens (including phenoxy) is 2. The predicted octanol–water partition coefficient (Wildman–Crippen LogP) is 3.63. The van der Waals surface area contributed by atoms with Gasteiger partial charge >= 0.3 is 0 Å². The number of aryl methyl sites for hydroxylation is 1. The molecule has 0 saturated carbocycles. The maximum Gasteiger partial charge on any atom is 0.261 e. The summed E-state index contributed by atoms with van der Waals surface area (Å²) in [6.07, 6.45) is 0. The number of halogens is 1. The van der Waals surface area contributed by atoms with Crippen LogP contribution >= 0.6 is 11.6 Å². The maximum atomic E-state index is 13.0. The molecule has 0 atom stereocenters. The van der Waals surface area contributed by atoms with Gasteiger partial charge in [-0.05, 0) is 42.8 Å². The number of amides is 1. The fraction of sp³-hybridized carbons (Fsp3) is 0.350. The zero-order valence-corrected chi connectivity index (χ0v) is 16.0. The van der Waals surface area contributed by atoms with Gasteiger partial charge in [-0.25, -0.2) is 0 Å². The highest BCUT2D eigenvalue weighted by atomic mass is 35.5. The second-order valence-electron chi connectivity index (χ2n) is 6.25. The average Bonchev–Trinajstić information content (AvgIpc) is 2.67. The van der Waals surface area contributed by atoms with Crippen LogP contribution in [0.3, 0.4) is 0 Å². The van der Waals surface area contributed by atoms with Crippen LogP contribution in [0.1, 0.15) is 15.9 Å². The second kappa shape index (κ2) is 7.87. The Labute approximate surface area is 159 Å². The van der Waals surface area contributed by atoms with E-state index in [0.29, 0.717) is 30.2 Å². The number of methoxy groups -OCH3 is 2. The molecule has 2 aromatic carbocycles. The van der Waals surface area contributed by atoms with Crippen LogP contribution in [0.15, 0.2) is 36.4 Å². The first-order valence-corrected chi connectivity index (χ1v) is 8.94. The van der Waals surface area contributed by atoms with Crippen LogP contribution in [0.4, 0.5) is 5.69 Å². The van der Waals surface area contributed by atoms with E-state index in [1.807, 2.05) is 29.2 Å². The third-order valence-electron chi connectivity index (χ3n) is 4.71. The van der Waals surface area contributed by atoms with Crippen molar-refractivity contribution in [1.82, 2.24) is 4.90 Å². The van der Waals surface area contributed by atoms with E-state index in [1.165, 1.54) is 0 Å². The first-order valence-electron chi connectivity index (χ1n) is 8.56. The summed E-state index contributed by atoms with van der Waals surface area (Å²) in [5.74, 6) is 1.00. The summed E-state index contributed by atoms with van der Waals surface area (Å²) in [7, 11) is 3.12. The van der Waals surface area contributed by atoms with Gasteiger partial charge in [-0.1, -0.05) is 17.7 Å². The molecule has 1 saturated heterocycles. The predicted molar refractivity (Wildman–Crippen MR) is 104 cm³/mol. The normalized spacial score (nSPS) is 14.3. The molecule has 0 unspecified atom stereocenters. The Morgan fingerprint density at radius 3 is 2.15 bits per heavy atom. The van der Waals surface area contributed by atoms with E-state index in [9.17, 15) is 4.79 Å². The Morgan fingerprint density at radius 1 is 1.00 bits per heavy atom. The molecule has 1 heterocycles. The van der Waals surface area contributed by atoms with E-state index >= 15 is 0 Å². The third-order valence-corrected chi connectivity index (χ3v) is 4.94. The van der Waals surface area contributed by atoms with Crippen molar-refractivity contribution >= 4 is 23.2 Å². The molecule has 138 valence electrons. The standard InChI is InChI=1S/C20H23ClN2O3/c1-14-13-15(21)7-8-16(14)22-9-11-23(12-10-22)20(24)19-17(25-2)5-4-6-18(19)26-3/h4-8,13H,9-12H2,1-3H3. The van der Waals surface area contributed by atoms with E-state index in [1.54, 1.807) is 26.4 Å². The highest BCUT2D eigenvalue weighted by Gasteiger charge is 2.27. The summed E-state index contributed by atoms with van der Waals surface area (Å²) in [5.41, 5.74) is 2.79. The number of carbonyl (C=O) groups excluding carboxylic acids is 1. The topological polar surface area (TPSA) is 42.0 Å². The molecule has 26 heavy (non-hydrogen) atoms. The third kappa shape index (κ3) is 3.58. The first-order chi connectivity index (χ1) is 12.5. The lowest BCUT2D eigenvalue weighted by Crippen LogP contribution is -2.49. The Morgan fingerprint density at radius 2 is 1.62 bits per heavy atom. The lowest BCUT2D eigenvalue weighted by Gasteiger charge is -2.37. The van der Waals surface area contributed by atoms with Gasteiger partial charge in [0.15, 0.2) is 0 Å². The largest absolute Gasteiger partial charge is 0.496 e. The molecule has 0 aromatic heterocycles. The molecule has 0 N–H and O–H groups in total. The van der Waals surface area contributed by atoms with Gasteiger partial charge in [-0.3, -0.25) is 4.79 Å². The molecular formula is C20H23ClN2O3. The SMILES string of the molecule is COc1cccc(OC)c1C(=O)N1CCN(c2ccc(Cl)cc2C)CC1. The smallest absolute Gasteiger partial charge is 0.261 e. The number of hydrogen-bond acceptors (Lipinski definition) is 4. The lowest BCUT2D eigenvalue weighted by atomic mass is 10.1. The monoisotopic (exact) mass is 374 g/mol. The fourth-order valence-electron chi connectivity index (χ4n) is 3.34. The molecule has 0 bridgehead atoms. The van der Waals surface area contributed by atoms with Gasteiger partial charge in [0.05, 0.1) is 14.2 Å². The van der Waals surface area contributed by atoms with Crippen molar-refractivity contribution in [2.75, 3.05) is 45.3 Å². The van der Waals surface area contributed by atoms with E-state index in [2.05, 4.69) is 11.8 Å². The molecule has 2 aromatic rings. The van der Waals surface area contributed by atoms with Gasteiger partial charge in [-0.2, -0.15) is 0 Å². The summed E-state index contributed by atoms with van der Waals surface area (Å²) >= 11 is 6.05. The number of carbonyl (C=O) groups is 1. The summed E-state index contributed by atoms with van der Waals surface area (Å²) in [4.78, 5) is 17.2. The molecule has 1 amide bonds. The van der Waals surface area contributed by atoms with Crippen LogP contribution in [-0.4, -0.2) is 51.2 Å². The number of benzene rings is 2. The van der Waals surface area contributed by atoms with Gasteiger partial charge in [-0.15, -0.1) is 0 Å². The van der Waals surface area contributed by atoms with Crippen LogP contribution in [0.5, 0.6) is 11.5 Å². The van der Waals surface area contributed by atoms with E-state index in [4.69, 9.17) is 21.1 Å². The minimum absolute atomic E-state index is 0.0632. The van der Waals surface area contributed by atoms with Gasteiger partial charge < -0.3 is 19.3 Å². The number of nitrogens with zero attached hydrogens (tertiary/aromatic N) is 2. The summed E-state index contributed by atoms with van der Waals surface area (Å²) in [6.45, 7) is 4.87. The van der Waals surface area contributed by atoms with Gasteiger partial charge in [0.2, 0.25) is 0 Å². The molecule has 3 rings (SSSR count). The Kier molecular flexibility index (Phi) is 5.57. The van der Waals surface area contributed by atoms with Crippen molar-refractivity contribution in [2.45, 2.75) is 6.92 Å². The van der Waals surface area contributed by atoms with Crippen LogP contribution < -0.4 is 14.4 Å². The number of hydrogen-bond donors (Lipinski definition) is 0. The zero-order valence-electron chi connectivity index (χ0n) is 15.3. The number of rotatable bonds is 4. The molecule has 1 aliphatic rings. The molecule has 0 radical (unpaired) electrons. The van der Waals surface area contributed by atoms with Crippen molar-refractivity contribution in [2.24, 2.45) is 0 Å².